The van der Waals surface area contributed by atoms with E-state index in [9.17, 15) is 4.79 Å². The van der Waals surface area contributed by atoms with E-state index in [0.29, 0.717) is 0 Å². The van der Waals surface area contributed by atoms with Gasteiger partial charge in [-0.3, -0.25) is 4.90 Å². The third-order valence-corrected chi connectivity index (χ3v) is 4.68. The average molecular weight is 292 g/mol. The maximum absolute atomic E-state index is 11.6. The van der Waals surface area contributed by atoms with Crippen LogP contribution >= 0.6 is 0 Å². The smallest absolute Gasteiger partial charge is 0.410 e. The lowest BCUT2D eigenvalue weighted by Crippen LogP contribution is -2.35. The summed E-state index contributed by atoms with van der Waals surface area (Å²) in [7, 11) is 3.84. The molecule has 1 unspecified atom stereocenters. The first-order chi connectivity index (χ1) is 9.97. The predicted molar refractivity (Wildman–Crippen MR) is 78.9 cm³/mol. The van der Waals surface area contributed by atoms with E-state index < -0.39 is 0 Å². The summed E-state index contributed by atoms with van der Waals surface area (Å²) in [6.45, 7) is 5.62. The lowest BCUT2D eigenvalue weighted by molar-refractivity contribution is 0.0442. The fourth-order valence-corrected chi connectivity index (χ4v) is 3.37. The summed E-state index contributed by atoms with van der Waals surface area (Å²) in [5, 5.41) is 0. The van der Waals surface area contributed by atoms with Crippen molar-refractivity contribution in [2.24, 2.45) is 7.05 Å². The highest BCUT2D eigenvalue weighted by molar-refractivity contribution is 5.70. The van der Waals surface area contributed by atoms with Crippen molar-refractivity contribution in [2.45, 2.75) is 38.3 Å². The van der Waals surface area contributed by atoms with Gasteiger partial charge >= 0.3 is 6.09 Å². The van der Waals surface area contributed by atoms with Crippen molar-refractivity contribution in [3.05, 3.63) is 17.7 Å². The van der Waals surface area contributed by atoms with E-state index in [2.05, 4.69) is 20.6 Å². The van der Waals surface area contributed by atoms with Crippen molar-refractivity contribution in [1.29, 1.82) is 0 Å². The van der Waals surface area contributed by atoms with E-state index >= 15 is 0 Å². The molecule has 3 heterocycles. The fraction of sp³-hybridized carbons (Fsp3) is 0.733. The second-order valence-electron chi connectivity index (χ2n) is 6.43. The molecule has 21 heavy (non-hydrogen) atoms. The van der Waals surface area contributed by atoms with E-state index in [1.54, 1.807) is 4.90 Å². The van der Waals surface area contributed by atoms with Crippen LogP contribution in [0.1, 0.15) is 30.8 Å². The SMILES string of the molecule is Cc1nc(CN2CCCC3(CC2)CN(C)C(=O)O3)cn1C. The van der Waals surface area contributed by atoms with E-state index in [1.807, 2.05) is 21.0 Å². The fourth-order valence-electron chi connectivity index (χ4n) is 3.37. The van der Waals surface area contributed by atoms with Crippen molar-refractivity contribution in [2.75, 3.05) is 26.7 Å². The highest BCUT2D eigenvalue weighted by atomic mass is 16.6. The Bertz CT molecular complexity index is 522. The lowest BCUT2D eigenvalue weighted by Gasteiger charge is -2.25. The molecule has 1 spiro atoms. The molecule has 0 aromatic carbocycles. The van der Waals surface area contributed by atoms with Gasteiger partial charge in [-0.15, -0.1) is 0 Å². The molecule has 116 valence electrons. The molecule has 3 rings (SSSR count). The van der Waals surface area contributed by atoms with Gasteiger partial charge < -0.3 is 14.2 Å². The molecule has 2 aliphatic heterocycles. The van der Waals surface area contributed by atoms with Crippen LogP contribution in [0.15, 0.2) is 6.20 Å². The molecule has 1 aromatic rings. The normalized spacial score (nSPS) is 27.2. The van der Waals surface area contributed by atoms with Crippen LogP contribution in [-0.2, 0) is 18.3 Å². The number of likely N-dealkylation sites (N-methyl/N-ethyl adjacent to an activating group) is 1. The van der Waals surface area contributed by atoms with Crippen LogP contribution in [0.4, 0.5) is 4.79 Å². The number of likely N-dealkylation sites (tertiary alicyclic amines) is 1. The van der Waals surface area contributed by atoms with Gasteiger partial charge in [0, 0.05) is 39.8 Å². The number of nitrogens with zero attached hydrogens (tertiary/aromatic N) is 4. The Labute approximate surface area is 125 Å². The minimum atomic E-state index is -0.263. The third-order valence-electron chi connectivity index (χ3n) is 4.68. The Balaban J connectivity index is 1.62. The monoisotopic (exact) mass is 292 g/mol. The number of rotatable bonds is 2. The van der Waals surface area contributed by atoms with Crippen molar-refractivity contribution in [3.63, 3.8) is 0 Å². The first kappa shape index (κ1) is 14.4. The van der Waals surface area contributed by atoms with Crippen LogP contribution in [0, 0.1) is 6.92 Å². The van der Waals surface area contributed by atoms with Gasteiger partial charge in [-0.25, -0.2) is 9.78 Å². The maximum Gasteiger partial charge on any atom is 0.410 e. The molecule has 1 atom stereocenters. The minimum absolute atomic E-state index is 0.177. The van der Waals surface area contributed by atoms with Crippen molar-refractivity contribution >= 4 is 6.09 Å². The van der Waals surface area contributed by atoms with Crippen LogP contribution in [0.5, 0.6) is 0 Å². The van der Waals surface area contributed by atoms with Crippen LogP contribution in [0.3, 0.4) is 0 Å². The molecule has 2 fully saturated rings. The maximum atomic E-state index is 11.6. The number of hydrogen-bond donors (Lipinski definition) is 0. The predicted octanol–water partition coefficient (Wildman–Crippen LogP) is 1.54. The average Bonchev–Trinajstić information content (AvgIpc) is 2.78. The molecule has 0 aliphatic carbocycles. The molecule has 0 saturated carbocycles. The molecular formula is C15H24N4O2. The van der Waals surface area contributed by atoms with E-state index in [1.165, 1.54) is 0 Å². The lowest BCUT2D eigenvalue weighted by atomic mass is 9.95. The zero-order valence-corrected chi connectivity index (χ0v) is 13.1. The summed E-state index contributed by atoms with van der Waals surface area (Å²) < 4.78 is 7.70. The highest BCUT2D eigenvalue weighted by Gasteiger charge is 2.44. The molecule has 6 nitrogen and oxygen atoms in total. The summed E-state index contributed by atoms with van der Waals surface area (Å²) in [4.78, 5) is 20.3. The topological polar surface area (TPSA) is 50.6 Å². The molecule has 0 bridgehead atoms. The van der Waals surface area contributed by atoms with Gasteiger partial charge in [-0.2, -0.15) is 0 Å². The van der Waals surface area contributed by atoms with Gasteiger partial charge in [-0.1, -0.05) is 0 Å². The van der Waals surface area contributed by atoms with Crippen LogP contribution in [0.25, 0.3) is 0 Å². The molecule has 0 N–H and O–H groups in total. The van der Waals surface area contributed by atoms with Gasteiger partial charge in [0.15, 0.2) is 0 Å². The first-order valence-corrected chi connectivity index (χ1v) is 7.63. The van der Waals surface area contributed by atoms with Gasteiger partial charge in [0.1, 0.15) is 11.4 Å². The van der Waals surface area contributed by atoms with Crippen molar-refractivity contribution in [1.82, 2.24) is 19.4 Å². The van der Waals surface area contributed by atoms with Gasteiger partial charge in [0.2, 0.25) is 0 Å². The Morgan fingerprint density at radius 2 is 2.14 bits per heavy atom. The van der Waals surface area contributed by atoms with E-state index in [0.717, 1.165) is 57.0 Å². The second-order valence-corrected chi connectivity index (χ2v) is 6.43. The van der Waals surface area contributed by atoms with Crippen LogP contribution < -0.4 is 0 Å². The first-order valence-electron chi connectivity index (χ1n) is 7.63. The quantitative estimate of drug-likeness (QED) is 0.829. The number of hydrogen-bond acceptors (Lipinski definition) is 4. The van der Waals surface area contributed by atoms with E-state index in [-0.39, 0.29) is 11.7 Å². The largest absolute Gasteiger partial charge is 0.441 e. The zero-order chi connectivity index (χ0) is 15.0. The van der Waals surface area contributed by atoms with Gasteiger partial charge in [-0.05, 0) is 26.3 Å². The van der Waals surface area contributed by atoms with Crippen LogP contribution in [0.2, 0.25) is 0 Å². The van der Waals surface area contributed by atoms with Crippen LogP contribution in [-0.4, -0.2) is 57.7 Å². The molecule has 2 saturated heterocycles. The minimum Gasteiger partial charge on any atom is -0.441 e. The summed E-state index contributed by atoms with van der Waals surface area (Å²) in [5.41, 5.74) is 0.854. The van der Waals surface area contributed by atoms with E-state index in [4.69, 9.17) is 4.74 Å². The number of carbonyl (C=O) groups excluding carboxylic acids is 1. The molecular weight excluding hydrogens is 268 g/mol. The Morgan fingerprint density at radius 1 is 1.33 bits per heavy atom. The standard InChI is InChI=1S/C15H24N4O2/c1-12-16-13(9-17(12)2)10-19-7-4-5-15(6-8-19)11-18(3)14(20)21-15/h9H,4-8,10-11H2,1-3H3. The zero-order valence-electron chi connectivity index (χ0n) is 13.1. The number of amides is 1. The Morgan fingerprint density at radius 3 is 2.76 bits per heavy atom. The summed E-state index contributed by atoms with van der Waals surface area (Å²) in [6.07, 6.45) is 4.85. The summed E-state index contributed by atoms with van der Waals surface area (Å²) in [5.74, 6) is 1.04. The van der Waals surface area contributed by atoms with Crippen molar-refractivity contribution in [3.8, 4) is 0 Å². The number of aryl methyl sites for hydroxylation is 2. The molecule has 0 radical (unpaired) electrons. The Kier molecular flexibility index (Phi) is 3.65. The van der Waals surface area contributed by atoms with Gasteiger partial charge in [0.25, 0.3) is 0 Å². The Hall–Kier alpha value is -1.56. The second kappa shape index (κ2) is 5.33. The van der Waals surface area contributed by atoms with Gasteiger partial charge in [0.05, 0.1) is 12.2 Å². The molecule has 1 amide bonds. The molecule has 2 aliphatic rings. The van der Waals surface area contributed by atoms with Crippen molar-refractivity contribution < 1.29 is 9.53 Å². The molecule has 1 aromatic heterocycles. The number of carbonyl (C=O) groups is 1. The number of imidazole rings is 1. The highest BCUT2D eigenvalue weighted by Crippen LogP contribution is 2.32. The third kappa shape index (κ3) is 2.90. The summed E-state index contributed by atoms with van der Waals surface area (Å²) >= 11 is 0. The summed E-state index contributed by atoms with van der Waals surface area (Å²) in [6, 6.07) is 0. The number of aromatic nitrogens is 2. The number of ether oxygens (including phenoxy) is 1. The molecule has 6 heteroatoms.